The van der Waals surface area contributed by atoms with Crippen LogP contribution in [0.3, 0.4) is 0 Å². The van der Waals surface area contributed by atoms with Crippen molar-refractivity contribution in [1.29, 1.82) is 0 Å². The molecule has 14 heavy (non-hydrogen) atoms. The predicted octanol–water partition coefficient (Wildman–Crippen LogP) is 3.26. The Hall–Kier alpha value is -0.550. The molecule has 2 N–H and O–H groups in total. The maximum atomic E-state index is 12.0. The van der Waals surface area contributed by atoms with Crippen LogP contribution in [0.25, 0.3) is 0 Å². The predicted molar refractivity (Wildman–Crippen MR) is 51.3 cm³/mol. The first-order chi connectivity index (χ1) is 6.42. The second-order valence-electron chi connectivity index (χ2n) is 3.08. The second-order valence-corrected chi connectivity index (χ2v) is 4.28. The largest absolute Gasteiger partial charge is 0.390 e. The highest BCUT2D eigenvalue weighted by Crippen LogP contribution is 2.31. The first kappa shape index (κ1) is 11.5. The van der Waals surface area contributed by atoms with Crippen LogP contribution in [-0.2, 0) is 6.42 Å². The van der Waals surface area contributed by atoms with Crippen molar-refractivity contribution >= 4 is 11.3 Å². The van der Waals surface area contributed by atoms with Gasteiger partial charge in [0.15, 0.2) is 0 Å². The summed E-state index contributed by atoms with van der Waals surface area (Å²) in [5.74, 6) is 0. The van der Waals surface area contributed by atoms with Gasteiger partial charge in [-0.05, 0) is 18.6 Å². The van der Waals surface area contributed by atoms with Gasteiger partial charge >= 0.3 is 6.18 Å². The normalized spacial score (nSPS) is 14.4. The van der Waals surface area contributed by atoms with Crippen molar-refractivity contribution in [2.75, 3.05) is 0 Å². The fourth-order valence-corrected chi connectivity index (χ4v) is 2.09. The molecule has 1 rings (SSSR count). The molecule has 1 aromatic heterocycles. The molecule has 1 aromatic rings. The van der Waals surface area contributed by atoms with E-state index in [2.05, 4.69) is 0 Å². The van der Waals surface area contributed by atoms with Crippen molar-refractivity contribution in [2.45, 2.75) is 32.0 Å². The highest BCUT2D eigenvalue weighted by molar-refractivity contribution is 7.12. The lowest BCUT2D eigenvalue weighted by molar-refractivity contribution is -0.138. The van der Waals surface area contributed by atoms with Gasteiger partial charge in [-0.15, -0.1) is 11.3 Å². The topological polar surface area (TPSA) is 26.0 Å². The van der Waals surface area contributed by atoms with Gasteiger partial charge in [-0.3, -0.25) is 0 Å². The molecule has 5 heteroatoms. The summed E-state index contributed by atoms with van der Waals surface area (Å²) in [6.45, 7) is 1.96. The molecule has 1 heterocycles. The van der Waals surface area contributed by atoms with Crippen molar-refractivity contribution in [3.05, 3.63) is 21.9 Å². The van der Waals surface area contributed by atoms with Gasteiger partial charge in [-0.1, -0.05) is 6.92 Å². The first-order valence-electron chi connectivity index (χ1n) is 4.33. The number of thiophene rings is 1. The van der Waals surface area contributed by atoms with Gasteiger partial charge in [0, 0.05) is 15.8 Å². The Morgan fingerprint density at radius 1 is 1.43 bits per heavy atom. The lowest BCUT2D eigenvalue weighted by Gasteiger charge is -2.11. The van der Waals surface area contributed by atoms with Crippen LogP contribution in [0.15, 0.2) is 12.1 Å². The molecule has 0 aliphatic rings. The van der Waals surface area contributed by atoms with E-state index in [1.165, 1.54) is 11.3 Å². The van der Waals surface area contributed by atoms with Crippen LogP contribution in [0.1, 0.15) is 29.1 Å². The zero-order valence-electron chi connectivity index (χ0n) is 7.77. The molecule has 0 aromatic carbocycles. The van der Waals surface area contributed by atoms with Crippen LogP contribution in [0.4, 0.5) is 13.2 Å². The molecule has 0 aliphatic carbocycles. The Balaban J connectivity index is 2.65. The minimum absolute atomic E-state index is 0.610. The third kappa shape index (κ3) is 3.31. The minimum atomic E-state index is -4.18. The summed E-state index contributed by atoms with van der Waals surface area (Å²) in [7, 11) is 0. The number of hydrogen-bond donors (Lipinski definition) is 1. The van der Waals surface area contributed by atoms with Crippen molar-refractivity contribution in [2.24, 2.45) is 5.73 Å². The van der Waals surface area contributed by atoms with Crippen LogP contribution >= 0.6 is 11.3 Å². The van der Waals surface area contributed by atoms with Crippen LogP contribution < -0.4 is 5.73 Å². The Kier molecular flexibility index (Phi) is 3.55. The smallest absolute Gasteiger partial charge is 0.323 e. The highest BCUT2D eigenvalue weighted by Gasteiger charge is 2.31. The molecule has 1 atom stereocenters. The van der Waals surface area contributed by atoms with E-state index in [1.807, 2.05) is 13.0 Å². The lowest BCUT2D eigenvalue weighted by Crippen LogP contribution is -2.19. The average Bonchev–Trinajstić information content (AvgIpc) is 2.48. The Morgan fingerprint density at radius 3 is 2.50 bits per heavy atom. The van der Waals surface area contributed by atoms with Crippen molar-refractivity contribution < 1.29 is 13.2 Å². The SMILES string of the molecule is CCc1ccc(C(N)CC(F)(F)F)s1. The number of alkyl halides is 3. The average molecular weight is 223 g/mol. The molecule has 1 unspecified atom stereocenters. The number of halogens is 3. The third-order valence-corrected chi connectivity index (χ3v) is 3.21. The fraction of sp³-hybridized carbons (Fsp3) is 0.556. The Bertz CT molecular complexity index is 292. The molecule has 0 radical (unpaired) electrons. The maximum Gasteiger partial charge on any atom is 0.390 e. The van der Waals surface area contributed by atoms with E-state index >= 15 is 0 Å². The van der Waals surface area contributed by atoms with E-state index in [-0.39, 0.29) is 0 Å². The Morgan fingerprint density at radius 2 is 2.07 bits per heavy atom. The standard InChI is InChI=1S/C9H12F3NS/c1-2-6-3-4-8(14-6)7(13)5-9(10,11)12/h3-4,7H,2,5,13H2,1H3. The summed E-state index contributed by atoms with van der Waals surface area (Å²) in [6.07, 6.45) is -4.30. The fourth-order valence-electron chi connectivity index (χ4n) is 1.13. The summed E-state index contributed by atoms with van der Waals surface area (Å²) in [4.78, 5) is 1.68. The Labute approximate surface area is 84.7 Å². The summed E-state index contributed by atoms with van der Waals surface area (Å²) >= 11 is 1.36. The molecule has 0 saturated carbocycles. The van der Waals surface area contributed by atoms with E-state index < -0.39 is 18.6 Å². The van der Waals surface area contributed by atoms with E-state index in [0.717, 1.165) is 11.3 Å². The monoisotopic (exact) mass is 223 g/mol. The molecule has 0 amide bonds. The van der Waals surface area contributed by atoms with Gasteiger partial charge in [-0.25, -0.2) is 0 Å². The number of hydrogen-bond acceptors (Lipinski definition) is 2. The minimum Gasteiger partial charge on any atom is -0.323 e. The van der Waals surface area contributed by atoms with Crippen molar-refractivity contribution in [3.8, 4) is 0 Å². The van der Waals surface area contributed by atoms with Gasteiger partial charge in [0.1, 0.15) is 0 Å². The molecular weight excluding hydrogens is 211 g/mol. The molecule has 0 aliphatic heterocycles. The second kappa shape index (κ2) is 4.31. The van der Waals surface area contributed by atoms with Crippen molar-refractivity contribution in [1.82, 2.24) is 0 Å². The molecule has 0 saturated heterocycles. The van der Waals surface area contributed by atoms with Gasteiger partial charge in [0.25, 0.3) is 0 Å². The molecule has 0 bridgehead atoms. The van der Waals surface area contributed by atoms with Gasteiger partial charge in [0.2, 0.25) is 0 Å². The van der Waals surface area contributed by atoms with E-state index in [0.29, 0.717) is 4.88 Å². The number of nitrogens with two attached hydrogens (primary N) is 1. The summed E-state index contributed by atoms with van der Waals surface area (Å²) < 4.78 is 36.0. The molecule has 80 valence electrons. The van der Waals surface area contributed by atoms with Gasteiger partial charge < -0.3 is 5.73 Å². The number of rotatable bonds is 3. The van der Waals surface area contributed by atoms with Gasteiger partial charge in [-0.2, -0.15) is 13.2 Å². The van der Waals surface area contributed by atoms with Crippen LogP contribution in [0.2, 0.25) is 0 Å². The van der Waals surface area contributed by atoms with Crippen LogP contribution in [-0.4, -0.2) is 6.18 Å². The summed E-state index contributed by atoms with van der Waals surface area (Å²) in [5.41, 5.74) is 5.44. The summed E-state index contributed by atoms with van der Waals surface area (Å²) in [5, 5.41) is 0. The number of aryl methyl sites for hydroxylation is 1. The van der Waals surface area contributed by atoms with Gasteiger partial charge in [0.05, 0.1) is 6.42 Å². The van der Waals surface area contributed by atoms with Crippen LogP contribution in [0, 0.1) is 0 Å². The van der Waals surface area contributed by atoms with Crippen molar-refractivity contribution in [3.63, 3.8) is 0 Å². The van der Waals surface area contributed by atoms with Crippen LogP contribution in [0.5, 0.6) is 0 Å². The van der Waals surface area contributed by atoms with E-state index in [4.69, 9.17) is 5.73 Å². The molecule has 0 fully saturated rings. The zero-order chi connectivity index (χ0) is 10.8. The maximum absolute atomic E-state index is 12.0. The first-order valence-corrected chi connectivity index (χ1v) is 5.15. The molecular formula is C9H12F3NS. The summed E-state index contributed by atoms with van der Waals surface area (Å²) in [6, 6.07) is 2.59. The van der Waals surface area contributed by atoms with E-state index in [9.17, 15) is 13.2 Å². The quantitative estimate of drug-likeness (QED) is 0.836. The lowest BCUT2D eigenvalue weighted by atomic mass is 10.2. The molecule has 1 nitrogen and oxygen atoms in total. The highest BCUT2D eigenvalue weighted by atomic mass is 32.1. The zero-order valence-corrected chi connectivity index (χ0v) is 8.58. The molecule has 0 spiro atoms. The van der Waals surface area contributed by atoms with E-state index in [1.54, 1.807) is 6.07 Å². The third-order valence-electron chi connectivity index (χ3n) is 1.85.